The number of carbonyl (C=O) groups excluding carboxylic acids is 1. The van der Waals surface area contributed by atoms with E-state index in [1.807, 2.05) is 30.3 Å². The first kappa shape index (κ1) is 16.9. The Kier molecular flexibility index (Phi) is 5.16. The number of hydrogen-bond donors (Lipinski definition) is 1. The lowest BCUT2D eigenvalue weighted by atomic mass is 9.95. The Labute approximate surface area is 148 Å². The fourth-order valence-electron chi connectivity index (χ4n) is 2.91. The van der Waals surface area contributed by atoms with Crippen LogP contribution in [0.15, 0.2) is 53.0 Å². The smallest absolute Gasteiger partial charge is 0.260 e. The minimum absolute atomic E-state index is 0.0645. The lowest BCUT2D eigenvalue weighted by molar-refractivity contribution is -0.132. The van der Waals surface area contributed by atoms with Gasteiger partial charge in [0, 0.05) is 29.5 Å². The van der Waals surface area contributed by atoms with E-state index >= 15 is 0 Å². The highest BCUT2D eigenvalue weighted by Gasteiger charge is 2.33. The van der Waals surface area contributed by atoms with Crippen LogP contribution in [-0.4, -0.2) is 36.5 Å². The van der Waals surface area contributed by atoms with E-state index in [0.29, 0.717) is 17.6 Å². The van der Waals surface area contributed by atoms with Gasteiger partial charge in [-0.15, -0.1) is 0 Å². The van der Waals surface area contributed by atoms with Gasteiger partial charge in [-0.2, -0.15) is 0 Å². The number of nitrogens with zero attached hydrogens (tertiary/aromatic N) is 1. The summed E-state index contributed by atoms with van der Waals surface area (Å²) in [6.07, 6.45) is 0. The van der Waals surface area contributed by atoms with E-state index in [1.165, 1.54) is 12.1 Å². The molecule has 1 saturated heterocycles. The second-order valence-corrected chi connectivity index (χ2v) is 6.76. The van der Waals surface area contributed by atoms with Gasteiger partial charge in [-0.3, -0.25) is 4.79 Å². The number of hydrogen-bond acceptors (Lipinski definition) is 3. The second kappa shape index (κ2) is 7.32. The molecule has 0 unspecified atom stereocenters. The van der Waals surface area contributed by atoms with E-state index in [2.05, 4.69) is 15.9 Å². The molecule has 0 aliphatic carbocycles. The molecule has 0 aromatic heterocycles. The first-order chi connectivity index (χ1) is 11.5. The number of rotatable bonds is 4. The molecule has 0 saturated carbocycles. The Hall–Kier alpha value is -1.92. The van der Waals surface area contributed by atoms with Gasteiger partial charge in [0.15, 0.2) is 18.2 Å². The van der Waals surface area contributed by atoms with Crippen LogP contribution in [-0.2, 0) is 4.79 Å². The first-order valence-electron chi connectivity index (χ1n) is 7.71. The lowest BCUT2D eigenvalue weighted by Gasteiger charge is -2.17. The van der Waals surface area contributed by atoms with E-state index in [9.17, 15) is 9.18 Å². The molecule has 3 rings (SSSR count). The molecule has 126 valence electrons. The van der Waals surface area contributed by atoms with Gasteiger partial charge < -0.3 is 15.4 Å². The summed E-state index contributed by atoms with van der Waals surface area (Å²) in [6, 6.07) is 14.3. The van der Waals surface area contributed by atoms with Crippen molar-refractivity contribution in [3.05, 3.63) is 64.4 Å². The van der Waals surface area contributed by atoms with Crippen molar-refractivity contribution < 1.29 is 13.9 Å². The molecule has 1 heterocycles. The van der Waals surface area contributed by atoms with Crippen molar-refractivity contribution in [3.8, 4) is 5.75 Å². The molecule has 4 nitrogen and oxygen atoms in total. The molecule has 24 heavy (non-hydrogen) atoms. The van der Waals surface area contributed by atoms with Crippen LogP contribution >= 0.6 is 15.9 Å². The van der Waals surface area contributed by atoms with Crippen molar-refractivity contribution >= 4 is 21.8 Å². The minimum Gasteiger partial charge on any atom is -0.481 e. The molecule has 2 atom stereocenters. The summed E-state index contributed by atoms with van der Waals surface area (Å²) < 4.78 is 19.7. The highest BCUT2D eigenvalue weighted by Crippen LogP contribution is 2.27. The maximum Gasteiger partial charge on any atom is 0.260 e. The maximum atomic E-state index is 13.7. The molecule has 0 spiro atoms. The molecule has 2 aromatic rings. The highest BCUT2D eigenvalue weighted by atomic mass is 79.9. The van der Waals surface area contributed by atoms with Gasteiger partial charge in [0.2, 0.25) is 0 Å². The zero-order valence-electron chi connectivity index (χ0n) is 13.0. The first-order valence-corrected chi connectivity index (χ1v) is 8.50. The summed E-state index contributed by atoms with van der Waals surface area (Å²) in [5.41, 5.74) is 7.31. The minimum atomic E-state index is -0.502. The number of nitrogens with two attached hydrogens (primary N) is 1. The van der Waals surface area contributed by atoms with Crippen molar-refractivity contribution in [1.29, 1.82) is 0 Å². The van der Waals surface area contributed by atoms with Crippen LogP contribution in [0, 0.1) is 5.82 Å². The Morgan fingerprint density at radius 2 is 2.00 bits per heavy atom. The van der Waals surface area contributed by atoms with Gasteiger partial charge in [-0.1, -0.05) is 46.3 Å². The van der Waals surface area contributed by atoms with E-state index < -0.39 is 5.82 Å². The van der Waals surface area contributed by atoms with Crippen molar-refractivity contribution in [3.63, 3.8) is 0 Å². The maximum absolute atomic E-state index is 13.7. The molecule has 1 aliphatic heterocycles. The second-order valence-electron chi connectivity index (χ2n) is 5.84. The van der Waals surface area contributed by atoms with Gasteiger partial charge in [0.05, 0.1) is 0 Å². The third kappa shape index (κ3) is 3.76. The largest absolute Gasteiger partial charge is 0.481 e. The zero-order valence-corrected chi connectivity index (χ0v) is 14.6. The lowest BCUT2D eigenvalue weighted by Crippen LogP contribution is -2.35. The van der Waals surface area contributed by atoms with Crippen molar-refractivity contribution in [2.45, 2.75) is 12.0 Å². The van der Waals surface area contributed by atoms with Gasteiger partial charge in [0.25, 0.3) is 5.91 Å². The van der Waals surface area contributed by atoms with Crippen LogP contribution in [0.5, 0.6) is 5.75 Å². The Balaban J connectivity index is 1.60. The summed E-state index contributed by atoms with van der Waals surface area (Å²) in [4.78, 5) is 14.0. The predicted molar refractivity (Wildman–Crippen MR) is 93.3 cm³/mol. The summed E-state index contributed by atoms with van der Waals surface area (Å²) in [6.45, 7) is 0.827. The number of amides is 1. The molecular formula is C18H18BrFN2O2. The van der Waals surface area contributed by atoms with Crippen LogP contribution in [0.25, 0.3) is 0 Å². The zero-order chi connectivity index (χ0) is 17.1. The molecule has 2 N–H and O–H groups in total. The monoisotopic (exact) mass is 392 g/mol. The molecule has 1 aliphatic rings. The molecule has 0 radical (unpaired) electrons. The number of halogens is 2. The van der Waals surface area contributed by atoms with Gasteiger partial charge in [0.1, 0.15) is 0 Å². The topological polar surface area (TPSA) is 55.6 Å². The molecule has 1 fully saturated rings. The van der Waals surface area contributed by atoms with E-state index in [-0.39, 0.29) is 30.2 Å². The summed E-state index contributed by atoms with van der Waals surface area (Å²) in [5.74, 6) is -0.516. The van der Waals surface area contributed by atoms with Crippen LogP contribution in [0.3, 0.4) is 0 Å². The highest BCUT2D eigenvalue weighted by molar-refractivity contribution is 9.10. The fourth-order valence-corrected chi connectivity index (χ4v) is 3.24. The number of likely N-dealkylation sites (tertiary alicyclic amines) is 1. The van der Waals surface area contributed by atoms with E-state index in [4.69, 9.17) is 10.5 Å². The number of ether oxygens (including phenoxy) is 1. The Bertz CT molecular complexity index is 726. The molecule has 0 bridgehead atoms. The quantitative estimate of drug-likeness (QED) is 0.869. The summed E-state index contributed by atoms with van der Waals surface area (Å²) >= 11 is 3.18. The normalized spacial score (nSPS) is 20.2. The predicted octanol–water partition coefficient (Wildman–Crippen LogP) is 2.92. The number of carbonyl (C=O) groups is 1. The summed E-state index contributed by atoms with van der Waals surface area (Å²) in [5, 5.41) is 0. The fraction of sp³-hybridized carbons (Fsp3) is 0.278. The Morgan fingerprint density at radius 3 is 2.71 bits per heavy atom. The standard InChI is InChI=1S/C18H18BrFN2O2/c19-13-6-7-17(15(20)8-13)24-11-18(23)22-9-14(16(21)10-22)12-4-2-1-3-5-12/h1-8,14,16H,9-11,21H2/t14-,16+/m0/s1. The van der Waals surface area contributed by atoms with Crippen molar-refractivity contribution in [2.24, 2.45) is 5.73 Å². The SMILES string of the molecule is N[C@@H]1CN(C(=O)COc2ccc(Br)cc2F)C[C@H]1c1ccccc1. The average molecular weight is 393 g/mol. The number of benzene rings is 2. The van der Waals surface area contributed by atoms with Gasteiger partial charge in [-0.25, -0.2) is 4.39 Å². The molecule has 6 heteroatoms. The van der Waals surface area contributed by atoms with Crippen LogP contribution < -0.4 is 10.5 Å². The van der Waals surface area contributed by atoms with Crippen molar-refractivity contribution in [2.75, 3.05) is 19.7 Å². The Morgan fingerprint density at radius 1 is 1.25 bits per heavy atom. The van der Waals surface area contributed by atoms with Crippen LogP contribution in [0.4, 0.5) is 4.39 Å². The van der Waals surface area contributed by atoms with Gasteiger partial charge in [-0.05, 0) is 23.8 Å². The third-order valence-corrected chi connectivity index (χ3v) is 4.68. The van der Waals surface area contributed by atoms with Crippen molar-refractivity contribution in [1.82, 2.24) is 4.90 Å². The van der Waals surface area contributed by atoms with E-state index in [0.717, 1.165) is 5.56 Å². The van der Waals surface area contributed by atoms with Crippen LogP contribution in [0.2, 0.25) is 0 Å². The van der Waals surface area contributed by atoms with Gasteiger partial charge >= 0.3 is 0 Å². The molecule has 2 aromatic carbocycles. The van der Waals surface area contributed by atoms with Crippen LogP contribution in [0.1, 0.15) is 11.5 Å². The average Bonchev–Trinajstić information content (AvgIpc) is 2.96. The molecule has 1 amide bonds. The summed E-state index contributed by atoms with van der Waals surface area (Å²) in [7, 11) is 0. The molecular weight excluding hydrogens is 375 g/mol. The van der Waals surface area contributed by atoms with E-state index in [1.54, 1.807) is 11.0 Å². The third-order valence-electron chi connectivity index (χ3n) is 4.19.